The minimum absolute atomic E-state index is 0.707. The molecule has 0 unspecified atom stereocenters. The summed E-state index contributed by atoms with van der Waals surface area (Å²) in [4.78, 5) is 4.27. The minimum Gasteiger partial charge on any atom is -0.398 e. The number of hydrogen-bond acceptors (Lipinski definition) is 5. The van der Waals surface area contributed by atoms with Crippen LogP contribution < -0.4 is 5.73 Å². The summed E-state index contributed by atoms with van der Waals surface area (Å²) in [6, 6.07) is 5.50. The molecule has 6 heteroatoms. The number of halogens is 1. The van der Waals surface area contributed by atoms with E-state index in [1.165, 1.54) is 11.5 Å². The molecular formula is C10H10ClN3S2. The SMILES string of the molecule is Cc1nsc(SCc2cc(Cl)ccc2N)n1. The lowest BCUT2D eigenvalue weighted by Crippen LogP contribution is -1.92. The van der Waals surface area contributed by atoms with Crippen molar-refractivity contribution in [3.05, 3.63) is 34.6 Å². The zero-order valence-electron chi connectivity index (χ0n) is 8.61. The molecule has 0 fully saturated rings. The van der Waals surface area contributed by atoms with Crippen LogP contribution in [-0.4, -0.2) is 9.36 Å². The molecule has 0 spiro atoms. The van der Waals surface area contributed by atoms with Crippen molar-refractivity contribution in [3.8, 4) is 0 Å². The van der Waals surface area contributed by atoms with Crippen LogP contribution in [0.25, 0.3) is 0 Å². The predicted octanol–water partition coefficient (Wildman–Crippen LogP) is 3.37. The smallest absolute Gasteiger partial charge is 0.170 e. The van der Waals surface area contributed by atoms with Crippen LogP contribution in [-0.2, 0) is 5.75 Å². The van der Waals surface area contributed by atoms with Gasteiger partial charge >= 0.3 is 0 Å². The van der Waals surface area contributed by atoms with Gasteiger partial charge in [0.25, 0.3) is 0 Å². The van der Waals surface area contributed by atoms with Crippen molar-refractivity contribution >= 4 is 40.6 Å². The maximum atomic E-state index is 5.91. The van der Waals surface area contributed by atoms with E-state index in [9.17, 15) is 0 Å². The van der Waals surface area contributed by atoms with Gasteiger partial charge in [-0.2, -0.15) is 4.37 Å². The first kappa shape index (κ1) is 11.7. The number of aromatic nitrogens is 2. The summed E-state index contributed by atoms with van der Waals surface area (Å²) in [5.74, 6) is 1.58. The summed E-state index contributed by atoms with van der Waals surface area (Å²) in [6.45, 7) is 1.88. The number of anilines is 1. The summed E-state index contributed by atoms with van der Waals surface area (Å²) in [5.41, 5.74) is 7.65. The summed E-state index contributed by atoms with van der Waals surface area (Å²) in [5, 5.41) is 0.707. The van der Waals surface area contributed by atoms with Crippen LogP contribution in [0.4, 0.5) is 5.69 Å². The van der Waals surface area contributed by atoms with Gasteiger partial charge in [0.2, 0.25) is 0 Å². The minimum atomic E-state index is 0.707. The van der Waals surface area contributed by atoms with Crippen LogP contribution in [0.2, 0.25) is 5.02 Å². The normalized spacial score (nSPS) is 10.6. The van der Waals surface area contributed by atoms with Crippen molar-refractivity contribution in [2.45, 2.75) is 17.0 Å². The third kappa shape index (κ3) is 2.87. The fourth-order valence-electron chi connectivity index (χ4n) is 1.18. The second-order valence-corrected chi connectivity index (χ2v) is 5.65. The van der Waals surface area contributed by atoms with Crippen molar-refractivity contribution in [2.75, 3.05) is 5.73 Å². The zero-order valence-corrected chi connectivity index (χ0v) is 11.0. The molecule has 2 aromatic rings. The van der Waals surface area contributed by atoms with E-state index in [-0.39, 0.29) is 0 Å². The molecule has 2 N–H and O–H groups in total. The Morgan fingerprint density at radius 2 is 2.31 bits per heavy atom. The van der Waals surface area contributed by atoms with Gasteiger partial charge in [-0.25, -0.2) is 4.98 Å². The predicted molar refractivity (Wildman–Crippen MR) is 70.1 cm³/mol. The Morgan fingerprint density at radius 3 is 3.00 bits per heavy atom. The molecule has 0 saturated heterocycles. The molecule has 0 bridgehead atoms. The maximum Gasteiger partial charge on any atom is 0.170 e. The van der Waals surface area contributed by atoms with E-state index in [2.05, 4.69) is 9.36 Å². The Balaban J connectivity index is 2.07. The van der Waals surface area contributed by atoms with E-state index >= 15 is 0 Å². The number of rotatable bonds is 3. The first-order valence-electron chi connectivity index (χ1n) is 4.62. The molecule has 1 aromatic heterocycles. The van der Waals surface area contributed by atoms with Gasteiger partial charge in [-0.15, -0.1) is 0 Å². The summed E-state index contributed by atoms with van der Waals surface area (Å²) in [7, 11) is 0. The van der Waals surface area contributed by atoms with E-state index in [0.717, 1.165) is 27.2 Å². The Hall–Kier alpha value is -0.780. The zero-order chi connectivity index (χ0) is 11.5. The summed E-state index contributed by atoms with van der Waals surface area (Å²) >= 11 is 8.94. The number of benzene rings is 1. The van der Waals surface area contributed by atoms with Gasteiger partial charge < -0.3 is 5.73 Å². The Kier molecular flexibility index (Phi) is 3.68. The molecule has 16 heavy (non-hydrogen) atoms. The van der Waals surface area contributed by atoms with E-state index < -0.39 is 0 Å². The van der Waals surface area contributed by atoms with Crippen LogP contribution in [0.3, 0.4) is 0 Å². The average Bonchev–Trinajstić information content (AvgIpc) is 2.66. The number of hydrogen-bond donors (Lipinski definition) is 1. The van der Waals surface area contributed by atoms with Crippen LogP contribution in [0.1, 0.15) is 11.4 Å². The molecule has 0 aliphatic heterocycles. The third-order valence-corrected chi connectivity index (χ3v) is 4.17. The highest BCUT2D eigenvalue weighted by atomic mass is 35.5. The Bertz CT molecular complexity index is 499. The molecule has 0 aliphatic carbocycles. The number of nitrogens with two attached hydrogens (primary N) is 1. The quantitative estimate of drug-likeness (QED) is 0.687. The van der Waals surface area contributed by atoms with Crippen LogP contribution >= 0.6 is 34.9 Å². The van der Waals surface area contributed by atoms with Crippen molar-refractivity contribution in [1.29, 1.82) is 0 Å². The molecule has 1 heterocycles. The molecule has 0 aliphatic rings. The number of aryl methyl sites for hydroxylation is 1. The second kappa shape index (κ2) is 5.03. The standard InChI is InChI=1S/C10H10ClN3S2/c1-6-13-10(16-14-6)15-5-7-4-8(11)2-3-9(7)12/h2-4H,5,12H2,1H3. The largest absolute Gasteiger partial charge is 0.398 e. The molecule has 0 amide bonds. The maximum absolute atomic E-state index is 5.91. The molecule has 0 atom stereocenters. The highest BCUT2D eigenvalue weighted by Crippen LogP contribution is 2.28. The van der Waals surface area contributed by atoms with Crippen LogP contribution in [0.15, 0.2) is 22.5 Å². The van der Waals surface area contributed by atoms with Gasteiger partial charge in [0.15, 0.2) is 4.34 Å². The lowest BCUT2D eigenvalue weighted by molar-refractivity contribution is 1.10. The molecule has 1 aromatic carbocycles. The van der Waals surface area contributed by atoms with E-state index in [1.54, 1.807) is 17.8 Å². The first-order chi connectivity index (χ1) is 7.65. The molecule has 3 nitrogen and oxygen atoms in total. The van der Waals surface area contributed by atoms with Gasteiger partial charge in [-0.05, 0) is 42.2 Å². The van der Waals surface area contributed by atoms with Gasteiger partial charge in [0.05, 0.1) is 0 Å². The summed E-state index contributed by atoms with van der Waals surface area (Å²) in [6.07, 6.45) is 0. The Morgan fingerprint density at radius 1 is 1.50 bits per heavy atom. The fourth-order valence-corrected chi connectivity index (χ4v) is 3.02. The highest BCUT2D eigenvalue weighted by Gasteiger charge is 2.04. The average molecular weight is 272 g/mol. The summed E-state index contributed by atoms with van der Waals surface area (Å²) < 4.78 is 5.08. The van der Waals surface area contributed by atoms with Crippen molar-refractivity contribution < 1.29 is 0 Å². The highest BCUT2D eigenvalue weighted by molar-refractivity contribution is 8.00. The van der Waals surface area contributed by atoms with Crippen molar-refractivity contribution in [3.63, 3.8) is 0 Å². The van der Waals surface area contributed by atoms with Gasteiger partial charge in [0, 0.05) is 16.5 Å². The van der Waals surface area contributed by atoms with Gasteiger partial charge in [-0.3, -0.25) is 0 Å². The van der Waals surface area contributed by atoms with Gasteiger partial charge in [0.1, 0.15) is 5.82 Å². The lowest BCUT2D eigenvalue weighted by atomic mass is 10.2. The molecule has 0 radical (unpaired) electrons. The molecular weight excluding hydrogens is 262 g/mol. The monoisotopic (exact) mass is 271 g/mol. The molecule has 84 valence electrons. The second-order valence-electron chi connectivity index (χ2n) is 3.24. The molecule has 0 saturated carbocycles. The Labute approximate surface area is 107 Å². The van der Waals surface area contributed by atoms with Gasteiger partial charge in [-0.1, -0.05) is 23.4 Å². The lowest BCUT2D eigenvalue weighted by Gasteiger charge is -2.03. The van der Waals surface area contributed by atoms with Crippen molar-refractivity contribution in [2.24, 2.45) is 0 Å². The van der Waals surface area contributed by atoms with Crippen LogP contribution in [0.5, 0.6) is 0 Å². The first-order valence-corrected chi connectivity index (χ1v) is 6.76. The fraction of sp³-hybridized carbons (Fsp3) is 0.200. The third-order valence-electron chi connectivity index (χ3n) is 1.97. The van der Waals surface area contributed by atoms with E-state index in [1.807, 2.05) is 19.1 Å². The number of nitrogen functional groups attached to an aromatic ring is 1. The van der Waals surface area contributed by atoms with E-state index in [4.69, 9.17) is 17.3 Å². The molecule has 2 rings (SSSR count). The van der Waals surface area contributed by atoms with Crippen LogP contribution in [0, 0.1) is 6.92 Å². The number of nitrogens with zero attached hydrogens (tertiary/aromatic N) is 2. The number of thioether (sulfide) groups is 1. The van der Waals surface area contributed by atoms with Crippen molar-refractivity contribution in [1.82, 2.24) is 9.36 Å². The van der Waals surface area contributed by atoms with E-state index in [0.29, 0.717) is 5.02 Å². The topological polar surface area (TPSA) is 51.8 Å².